The summed E-state index contributed by atoms with van der Waals surface area (Å²) in [5.74, 6) is -0.257. The van der Waals surface area contributed by atoms with Crippen molar-refractivity contribution in [3.8, 4) is 11.3 Å². The molecule has 2 N–H and O–H groups in total. The van der Waals surface area contributed by atoms with Crippen LogP contribution in [0, 0.1) is 18.5 Å². The number of benzene rings is 1. The van der Waals surface area contributed by atoms with E-state index >= 15 is 0 Å². The van der Waals surface area contributed by atoms with Crippen LogP contribution >= 0.6 is 23.6 Å². The number of H-pyrrole nitrogens is 1. The van der Waals surface area contributed by atoms with Crippen molar-refractivity contribution < 1.29 is 4.79 Å². The van der Waals surface area contributed by atoms with Crippen LogP contribution < -0.4 is 5.32 Å². The Kier molecular flexibility index (Phi) is 4.36. The molecule has 2 aromatic heterocycles. The summed E-state index contributed by atoms with van der Waals surface area (Å²) in [5.41, 5.74) is 4.80. The minimum Gasteiger partial charge on any atom is -0.352 e. The molecule has 2 heterocycles. The molecule has 0 radical (unpaired) electrons. The fourth-order valence-electron chi connectivity index (χ4n) is 2.13. The van der Waals surface area contributed by atoms with Crippen LogP contribution in [0.3, 0.4) is 0 Å². The van der Waals surface area contributed by atoms with E-state index in [9.17, 15) is 4.79 Å². The van der Waals surface area contributed by atoms with Gasteiger partial charge in [-0.25, -0.2) is 4.98 Å². The summed E-state index contributed by atoms with van der Waals surface area (Å²) in [6.45, 7) is 4.15. The van der Waals surface area contributed by atoms with Crippen LogP contribution in [0.25, 0.3) is 11.3 Å². The molecule has 23 heavy (non-hydrogen) atoms. The Balaban J connectivity index is 1.82. The van der Waals surface area contributed by atoms with Gasteiger partial charge in [0.1, 0.15) is 4.64 Å². The Bertz CT molecular complexity index is 927. The minimum absolute atomic E-state index is 0.257. The number of aryl methyl sites for hydroxylation is 2. The molecule has 3 rings (SSSR count). The number of nitrogens with one attached hydrogen (secondary N) is 2. The fraction of sp³-hybridized carbons (Fsp3) is 0.118. The van der Waals surface area contributed by atoms with Gasteiger partial charge < -0.3 is 4.98 Å². The van der Waals surface area contributed by atoms with Crippen LogP contribution in [0.15, 0.2) is 41.9 Å². The van der Waals surface area contributed by atoms with Gasteiger partial charge >= 0.3 is 0 Å². The number of carbonyl (C=O) groups is 1. The van der Waals surface area contributed by atoms with Crippen LogP contribution in [0.2, 0.25) is 0 Å². The molecule has 0 saturated carbocycles. The van der Waals surface area contributed by atoms with Gasteiger partial charge in [0.25, 0.3) is 5.91 Å². The van der Waals surface area contributed by atoms with E-state index in [4.69, 9.17) is 12.2 Å². The van der Waals surface area contributed by atoms with E-state index in [1.807, 2.05) is 11.4 Å². The molecular formula is C17H15N3OS2. The molecular weight excluding hydrogens is 326 g/mol. The molecule has 0 aliphatic rings. The number of hydrogen-bond acceptors (Lipinski definition) is 4. The zero-order valence-corrected chi connectivity index (χ0v) is 14.3. The Morgan fingerprint density at radius 3 is 2.83 bits per heavy atom. The van der Waals surface area contributed by atoms with E-state index in [1.165, 1.54) is 22.5 Å². The molecule has 116 valence electrons. The summed E-state index contributed by atoms with van der Waals surface area (Å²) >= 11 is 6.52. The first-order chi connectivity index (χ1) is 11.0. The molecule has 1 amide bonds. The summed E-state index contributed by atoms with van der Waals surface area (Å²) in [7, 11) is 0. The van der Waals surface area contributed by atoms with E-state index in [0.29, 0.717) is 15.3 Å². The predicted octanol–water partition coefficient (Wildman–Crippen LogP) is 4.74. The number of nitrogens with zero attached hydrogens (tertiary/aromatic N) is 1. The Labute approximate surface area is 143 Å². The number of amides is 1. The Hall–Kier alpha value is -2.31. The fourth-order valence-corrected chi connectivity index (χ4v) is 3.07. The van der Waals surface area contributed by atoms with Gasteiger partial charge in [0.05, 0.1) is 11.3 Å². The molecule has 4 nitrogen and oxygen atoms in total. The Morgan fingerprint density at radius 1 is 1.26 bits per heavy atom. The zero-order chi connectivity index (χ0) is 16.4. The second-order valence-corrected chi connectivity index (χ2v) is 6.47. The first-order valence-corrected chi connectivity index (χ1v) is 8.35. The molecule has 0 aliphatic heterocycles. The smallest absolute Gasteiger partial charge is 0.260 e. The van der Waals surface area contributed by atoms with Crippen molar-refractivity contribution in [2.75, 3.05) is 5.32 Å². The number of rotatable bonds is 3. The van der Waals surface area contributed by atoms with Crippen LogP contribution in [0.1, 0.15) is 21.5 Å². The topological polar surface area (TPSA) is 57.8 Å². The third-order valence-electron chi connectivity index (χ3n) is 3.59. The second-order valence-electron chi connectivity index (χ2n) is 5.20. The molecule has 0 spiro atoms. The van der Waals surface area contributed by atoms with Crippen molar-refractivity contribution in [1.82, 2.24) is 9.97 Å². The second kappa shape index (κ2) is 6.44. The third kappa shape index (κ3) is 3.38. The average Bonchev–Trinajstić information content (AvgIpc) is 2.99. The maximum absolute atomic E-state index is 12.2. The number of pyridine rings is 1. The largest absolute Gasteiger partial charge is 0.352 e. The van der Waals surface area contributed by atoms with E-state index in [2.05, 4.69) is 41.3 Å². The van der Waals surface area contributed by atoms with E-state index in [-0.39, 0.29) is 5.91 Å². The van der Waals surface area contributed by atoms with Crippen LogP contribution in [0.5, 0.6) is 0 Å². The van der Waals surface area contributed by atoms with Gasteiger partial charge in [0, 0.05) is 17.1 Å². The number of anilines is 1. The van der Waals surface area contributed by atoms with Crippen LogP contribution in [-0.2, 0) is 0 Å². The summed E-state index contributed by atoms with van der Waals surface area (Å²) < 4.78 is 0.413. The molecule has 0 atom stereocenters. The van der Waals surface area contributed by atoms with Crippen LogP contribution in [0.4, 0.5) is 5.13 Å². The van der Waals surface area contributed by atoms with Gasteiger partial charge in [-0.1, -0.05) is 24.4 Å². The van der Waals surface area contributed by atoms with Gasteiger partial charge in [0.15, 0.2) is 5.13 Å². The van der Waals surface area contributed by atoms with E-state index in [1.54, 1.807) is 18.3 Å². The lowest BCUT2D eigenvalue weighted by Crippen LogP contribution is -2.12. The Morgan fingerprint density at radius 2 is 2.09 bits per heavy atom. The zero-order valence-electron chi connectivity index (χ0n) is 12.7. The monoisotopic (exact) mass is 341 g/mol. The SMILES string of the molecule is Cc1ccc(-c2csc(NC(=O)c3ccc[nH]c3=S)n2)cc1C. The maximum Gasteiger partial charge on any atom is 0.260 e. The highest BCUT2D eigenvalue weighted by Crippen LogP contribution is 2.26. The van der Waals surface area contributed by atoms with Gasteiger partial charge in [-0.3, -0.25) is 10.1 Å². The lowest BCUT2D eigenvalue weighted by atomic mass is 10.1. The molecule has 1 aromatic carbocycles. The standard InChI is InChI=1S/C17H15N3OS2/c1-10-5-6-12(8-11(10)2)14-9-23-17(19-14)20-15(21)13-4-3-7-18-16(13)22/h3-9H,1-2H3,(H,18,22)(H,19,20,21). The maximum atomic E-state index is 12.2. The number of hydrogen-bond donors (Lipinski definition) is 2. The third-order valence-corrected chi connectivity index (χ3v) is 4.69. The van der Waals surface area contributed by atoms with Crippen molar-refractivity contribution in [2.24, 2.45) is 0 Å². The highest BCUT2D eigenvalue weighted by molar-refractivity contribution is 7.71. The van der Waals surface area contributed by atoms with E-state index in [0.717, 1.165) is 11.3 Å². The van der Waals surface area contributed by atoms with Crippen LogP contribution in [-0.4, -0.2) is 15.9 Å². The predicted molar refractivity (Wildman–Crippen MR) is 96.6 cm³/mol. The summed E-state index contributed by atoms with van der Waals surface area (Å²) in [5, 5.41) is 5.29. The van der Waals surface area contributed by atoms with Gasteiger partial charge in [-0.2, -0.15) is 0 Å². The molecule has 6 heteroatoms. The van der Waals surface area contributed by atoms with Gasteiger partial charge in [0.2, 0.25) is 0 Å². The molecule has 0 bridgehead atoms. The summed E-state index contributed by atoms with van der Waals surface area (Å²) in [6.07, 6.45) is 1.69. The van der Waals surface area contributed by atoms with Gasteiger partial charge in [-0.15, -0.1) is 11.3 Å². The normalized spacial score (nSPS) is 10.5. The van der Waals surface area contributed by atoms with Gasteiger partial charge in [-0.05, 0) is 43.2 Å². The quantitative estimate of drug-likeness (QED) is 0.677. The lowest BCUT2D eigenvalue weighted by molar-refractivity contribution is 0.102. The molecule has 0 aliphatic carbocycles. The minimum atomic E-state index is -0.257. The summed E-state index contributed by atoms with van der Waals surface area (Å²) in [4.78, 5) is 19.6. The van der Waals surface area contributed by atoms with Crippen molar-refractivity contribution in [3.63, 3.8) is 0 Å². The number of thiazole rings is 1. The number of aromatic nitrogens is 2. The van der Waals surface area contributed by atoms with Crippen molar-refractivity contribution in [3.05, 3.63) is 63.2 Å². The molecule has 3 aromatic rings. The highest BCUT2D eigenvalue weighted by Gasteiger charge is 2.11. The first kappa shape index (κ1) is 15.6. The first-order valence-electron chi connectivity index (χ1n) is 7.07. The number of carbonyl (C=O) groups excluding carboxylic acids is 1. The molecule has 0 fully saturated rings. The van der Waals surface area contributed by atoms with E-state index < -0.39 is 0 Å². The molecule has 0 unspecified atom stereocenters. The van der Waals surface area contributed by atoms with Crippen molar-refractivity contribution in [2.45, 2.75) is 13.8 Å². The average molecular weight is 341 g/mol. The molecule has 0 saturated heterocycles. The van der Waals surface area contributed by atoms with Crippen molar-refractivity contribution in [1.29, 1.82) is 0 Å². The van der Waals surface area contributed by atoms with Crippen molar-refractivity contribution >= 4 is 34.6 Å². The highest BCUT2D eigenvalue weighted by atomic mass is 32.1. The lowest BCUT2D eigenvalue weighted by Gasteiger charge is -2.03. The summed E-state index contributed by atoms with van der Waals surface area (Å²) in [6, 6.07) is 9.64. The number of aromatic amines is 1.